The lowest BCUT2D eigenvalue weighted by atomic mass is 9.98. The number of rotatable bonds is 42. The Balaban J connectivity index is 2.34. The van der Waals surface area contributed by atoms with E-state index in [1.54, 1.807) is 0 Å². The van der Waals surface area contributed by atoms with Crippen molar-refractivity contribution in [3.05, 3.63) is 0 Å². The van der Waals surface area contributed by atoms with Crippen LogP contribution in [0.2, 0.25) is 0 Å². The second-order valence-electron chi connectivity index (χ2n) is 17.9. The van der Waals surface area contributed by atoms with Gasteiger partial charge >= 0.3 is 0 Å². The highest BCUT2D eigenvalue weighted by Crippen LogP contribution is 2.23. The number of hydrogen-bond donors (Lipinski definition) is 8. The highest BCUT2D eigenvalue weighted by molar-refractivity contribution is 5.80. The van der Waals surface area contributed by atoms with Crippen molar-refractivity contribution >= 4 is 5.91 Å². The number of ether oxygens (including phenoxy) is 2. The highest BCUT2D eigenvalue weighted by Gasteiger charge is 2.44. The molecule has 0 aliphatic carbocycles. The Bertz CT molecular complexity index is 928. The molecular weight excluding hydrogens is 751 g/mol. The number of hydrogen-bond acceptors (Lipinski definition) is 10. The van der Waals surface area contributed by atoms with Gasteiger partial charge in [0.25, 0.3) is 0 Å². The lowest BCUT2D eigenvalue weighted by Gasteiger charge is -2.40. The van der Waals surface area contributed by atoms with Gasteiger partial charge in [0.05, 0.1) is 25.4 Å². The third-order valence-corrected chi connectivity index (χ3v) is 12.4. The molecular formula is C48H95NO10. The van der Waals surface area contributed by atoms with Crippen LogP contribution >= 0.6 is 0 Å². The quantitative estimate of drug-likeness (QED) is 0.0276. The average molecular weight is 846 g/mol. The maximum atomic E-state index is 13.1. The monoisotopic (exact) mass is 846 g/mol. The minimum absolute atomic E-state index is 0.266. The molecule has 1 saturated heterocycles. The molecule has 11 heteroatoms. The molecule has 0 spiro atoms. The molecule has 0 saturated carbocycles. The standard InChI is InChI=1S/C48H95NO10/c1-3-5-7-9-11-13-15-16-17-18-19-20-21-22-23-24-26-28-30-32-34-36-41(52)47(57)49-39(38-58-48-46(56)45(55)44(54)42(37-50)59-48)43(53)40(51)35-33-31-29-27-25-14-12-10-8-6-4-2/h39-46,48,50-56H,3-38H2,1-2H3,(H,49,57). The summed E-state index contributed by atoms with van der Waals surface area (Å²) in [5, 5.41) is 75.7. The van der Waals surface area contributed by atoms with Crippen LogP contribution in [-0.2, 0) is 14.3 Å². The second-order valence-corrected chi connectivity index (χ2v) is 17.9. The number of unbranched alkanes of at least 4 members (excludes halogenated alkanes) is 30. The van der Waals surface area contributed by atoms with Crippen LogP contribution in [0.5, 0.6) is 0 Å². The summed E-state index contributed by atoms with van der Waals surface area (Å²) in [5.74, 6) is -0.693. The molecule has 0 aromatic carbocycles. The van der Waals surface area contributed by atoms with Gasteiger partial charge in [0, 0.05) is 0 Å². The molecule has 9 atom stereocenters. The molecule has 0 aromatic heterocycles. The summed E-state index contributed by atoms with van der Waals surface area (Å²) in [4.78, 5) is 13.1. The summed E-state index contributed by atoms with van der Waals surface area (Å²) in [6, 6.07) is -1.16. The van der Waals surface area contributed by atoms with E-state index in [1.807, 2.05) is 0 Å². The molecule has 8 N–H and O–H groups in total. The zero-order chi connectivity index (χ0) is 43.4. The van der Waals surface area contributed by atoms with Crippen LogP contribution in [-0.4, -0.2) is 110 Å². The first-order valence-electron chi connectivity index (χ1n) is 24.9. The first-order chi connectivity index (χ1) is 28.7. The van der Waals surface area contributed by atoms with Gasteiger partial charge in [0.15, 0.2) is 6.29 Å². The van der Waals surface area contributed by atoms with E-state index in [1.165, 1.54) is 154 Å². The summed E-state index contributed by atoms with van der Waals surface area (Å²) >= 11 is 0. The van der Waals surface area contributed by atoms with E-state index < -0.39 is 74.2 Å². The summed E-state index contributed by atoms with van der Waals surface area (Å²) in [6.07, 6.45) is 28.7. The van der Waals surface area contributed by atoms with E-state index in [0.717, 1.165) is 38.5 Å². The Labute approximate surface area is 360 Å². The van der Waals surface area contributed by atoms with Gasteiger partial charge in [-0.3, -0.25) is 4.79 Å². The van der Waals surface area contributed by atoms with Gasteiger partial charge in [-0.15, -0.1) is 0 Å². The van der Waals surface area contributed by atoms with Crippen LogP contribution in [0, 0.1) is 0 Å². The third kappa shape index (κ3) is 28.4. The van der Waals surface area contributed by atoms with E-state index in [9.17, 15) is 40.5 Å². The minimum Gasteiger partial charge on any atom is -0.394 e. The first kappa shape index (κ1) is 56.1. The van der Waals surface area contributed by atoms with Gasteiger partial charge in [-0.2, -0.15) is 0 Å². The number of carbonyl (C=O) groups is 1. The topological polar surface area (TPSA) is 189 Å². The first-order valence-corrected chi connectivity index (χ1v) is 24.9. The van der Waals surface area contributed by atoms with Gasteiger partial charge < -0.3 is 50.5 Å². The summed E-state index contributed by atoms with van der Waals surface area (Å²) in [7, 11) is 0. The van der Waals surface area contributed by atoms with Gasteiger partial charge in [-0.25, -0.2) is 0 Å². The van der Waals surface area contributed by atoms with Crippen molar-refractivity contribution in [3.8, 4) is 0 Å². The molecule has 1 rings (SSSR count). The number of aliphatic hydroxyl groups excluding tert-OH is 7. The summed E-state index contributed by atoms with van der Waals surface area (Å²) < 4.78 is 11.1. The maximum absolute atomic E-state index is 13.1. The summed E-state index contributed by atoms with van der Waals surface area (Å²) in [6.45, 7) is 3.45. The molecule has 1 heterocycles. The van der Waals surface area contributed by atoms with E-state index >= 15 is 0 Å². The molecule has 1 fully saturated rings. The largest absolute Gasteiger partial charge is 0.394 e. The van der Waals surface area contributed by atoms with Crippen molar-refractivity contribution in [2.75, 3.05) is 13.2 Å². The lowest BCUT2D eigenvalue weighted by Crippen LogP contribution is -2.60. The van der Waals surface area contributed by atoms with Gasteiger partial charge in [-0.05, 0) is 12.8 Å². The number of carbonyl (C=O) groups excluding carboxylic acids is 1. The van der Waals surface area contributed by atoms with E-state index in [0.29, 0.717) is 19.3 Å². The predicted octanol–water partition coefficient (Wildman–Crippen LogP) is 8.67. The zero-order valence-corrected chi connectivity index (χ0v) is 38.0. The Kier molecular flexibility index (Phi) is 36.9. The fourth-order valence-electron chi connectivity index (χ4n) is 8.27. The number of aliphatic hydroxyl groups is 7. The average Bonchev–Trinajstić information content (AvgIpc) is 3.23. The number of nitrogens with one attached hydrogen (secondary N) is 1. The van der Waals surface area contributed by atoms with Crippen molar-refractivity contribution in [2.24, 2.45) is 0 Å². The van der Waals surface area contributed by atoms with Crippen molar-refractivity contribution in [1.82, 2.24) is 5.32 Å². The molecule has 59 heavy (non-hydrogen) atoms. The molecule has 1 aliphatic heterocycles. The molecule has 0 bridgehead atoms. The van der Waals surface area contributed by atoms with Crippen molar-refractivity contribution in [3.63, 3.8) is 0 Å². The SMILES string of the molecule is CCCCCCCCCCCCCCCCCCCCCCCC(O)C(=O)NC(COC1OC(CO)C(O)C(O)C1O)C(O)C(O)CCCCCCCCCCCCC. The third-order valence-electron chi connectivity index (χ3n) is 12.4. The van der Waals surface area contributed by atoms with E-state index in [2.05, 4.69) is 19.2 Å². The minimum atomic E-state index is -1.66. The Morgan fingerprint density at radius 1 is 0.525 bits per heavy atom. The smallest absolute Gasteiger partial charge is 0.249 e. The Hall–Kier alpha value is -0.890. The van der Waals surface area contributed by atoms with Gasteiger partial charge in [0.1, 0.15) is 36.6 Å². The Morgan fingerprint density at radius 2 is 0.881 bits per heavy atom. The van der Waals surface area contributed by atoms with Crippen LogP contribution in [0.15, 0.2) is 0 Å². The van der Waals surface area contributed by atoms with Gasteiger partial charge in [0.2, 0.25) is 5.91 Å². The maximum Gasteiger partial charge on any atom is 0.249 e. The van der Waals surface area contributed by atoms with Crippen molar-refractivity contribution in [1.29, 1.82) is 0 Å². The molecule has 9 unspecified atom stereocenters. The van der Waals surface area contributed by atoms with Gasteiger partial charge in [-0.1, -0.05) is 219 Å². The van der Waals surface area contributed by atoms with Crippen molar-refractivity contribution < 1.29 is 50.0 Å². The summed E-state index contributed by atoms with van der Waals surface area (Å²) in [5.41, 5.74) is 0. The van der Waals surface area contributed by atoms with E-state index in [-0.39, 0.29) is 6.42 Å². The van der Waals surface area contributed by atoms with Crippen LogP contribution < -0.4 is 5.32 Å². The highest BCUT2D eigenvalue weighted by atomic mass is 16.7. The Morgan fingerprint density at radius 3 is 1.25 bits per heavy atom. The van der Waals surface area contributed by atoms with Crippen molar-refractivity contribution in [2.45, 2.75) is 287 Å². The predicted molar refractivity (Wildman–Crippen MR) is 238 cm³/mol. The lowest BCUT2D eigenvalue weighted by molar-refractivity contribution is -0.303. The molecule has 11 nitrogen and oxygen atoms in total. The zero-order valence-electron chi connectivity index (χ0n) is 38.0. The normalized spacial score (nSPS) is 21.7. The molecule has 1 amide bonds. The van der Waals surface area contributed by atoms with E-state index in [4.69, 9.17) is 9.47 Å². The molecule has 0 radical (unpaired) electrons. The fourth-order valence-corrected chi connectivity index (χ4v) is 8.27. The second kappa shape index (κ2) is 38.8. The van der Waals surface area contributed by atoms with Crippen LogP contribution in [0.4, 0.5) is 0 Å². The fraction of sp³-hybridized carbons (Fsp3) is 0.979. The van der Waals surface area contributed by atoms with Crippen LogP contribution in [0.25, 0.3) is 0 Å². The van der Waals surface area contributed by atoms with Crippen LogP contribution in [0.1, 0.15) is 232 Å². The van der Waals surface area contributed by atoms with Crippen LogP contribution in [0.3, 0.4) is 0 Å². The molecule has 352 valence electrons. The molecule has 0 aromatic rings. The number of amides is 1. The molecule has 1 aliphatic rings.